The van der Waals surface area contributed by atoms with Gasteiger partial charge in [-0.25, -0.2) is 0 Å². The van der Waals surface area contributed by atoms with Crippen LogP contribution in [-0.4, -0.2) is 30.1 Å². The number of benzene rings is 4. The summed E-state index contributed by atoms with van der Waals surface area (Å²) in [5.74, 6) is 1.52. The van der Waals surface area contributed by atoms with Crippen molar-refractivity contribution in [3.05, 3.63) is 152 Å². The molecule has 1 saturated heterocycles. The molecule has 1 atom stereocenters. The van der Waals surface area contributed by atoms with Crippen molar-refractivity contribution < 1.29 is 15.1 Å². The zero-order valence-electron chi connectivity index (χ0n) is 36.9. The zero-order chi connectivity index (χ0) is 41.9. The van der Waals surface area contributed by atoms with Crippen molar-refractivity contribution in [3.8, 4) is 0 Å². The molecule has 4 aromatic rings. The van der Waals surface area contributed by atoms with E-state index < -0.39 is 0 Å². The van der Waals surface area contributed by atoms with E-state index in [1.165, 1.54) is 155 Å². The third kappa shape index (κ3) is 8.92. The van der Waals surface area contributed by atoms with E-state index in [2.05, 4.69) is 136 Å². The van der Waals surface area contributed by atoms with Gasteiger partial charge in [0.15, 0.2) is 0 Å². The number of aryl methyl sites for hydroxylation is 6. The van der Waals surface area contributed by atoms with Crippen LogP contribution in [0.15, 0.2) is 102 Å². The second kappa shape index (κ2) is 19.8. The third-order valence-corrected chi connectivity index (χ3v) is 18.2. The van der Waals surface area contributed by atoms with Crippen molar-refractivity contribution in [1.82, 2.24) is 0 Å². The molecule has 1 aliphatic heterocycles. The van der Waals surface area contributed by atoms with Crippen LogP contribution in [-0.2, 0) is 15.1 Å². The predicted octanol–water partition coefficient (Wildman–Crippen LogP) is 16.1. The quantitative estimate of drug-likeness (QED) is 0.140. The molecule has 0 radical (unpaired) electrons. The fraction of sp³-hybridized carbons (Fsp3) is 0.444. The van der Waals surface area contributed by atoms with Crippen molar-refractivity contribution in [1.29, 1.82) is 0 Å². The number of nitrogens with zero attached hydrogens (tertiary/aromatic N) is 2. The van der Waals surface area contributed by atoms with Crippen LogP contribution in [0, 0.1) is 41.5 Å². The summed E-state index contributed by atoms with van der Waals surface area (Å²) in [6.07, 6.45) is 20.8. The second-order valence-corrected chi connectivity index (χ2v) is 24.0. The van der Waals surface area contributed by atoms with Crippen molar-refractivity contribution in [2.45, 2.75) is 142 Å². The van der Waals surface area contributed by atoms with Gasteiger partial charge in [0.2, 0.25) is 0 Å². The Balaban J connectivity index is 0.00000162. The molecule has 2 nitrogen and oxygen atoms in total. The van der Waals surface area contributed by atoms with E-state index in [1.54, 1.807) is 11.1 Å². The summed E-state index contributed by atoms with van der Waals surface area (Å²) in [5.41, 5.74) is 24.1. The number of halogens is 2. The molecule has 6 heteroatoms. The number of allylic oxidation sites excluding steroid dienone is 4. The molecule has 0 aromatic heterocycles. The van der Waals surface area contributed by atoms with Gasteiger partial charge in [0.1, 0.15) is 5.82 Å². The summed E-state index contributed by atoms with van der Waals surface area (Å²) < 4.78 is 0. The van der Waals surface area contributed by atoms with Crippen LogP contribution in [0.4, 0.5) is 11.4 Å². The van der Waals surface area contributed by atoms with E-state index in [0.717, 1.165) is 30.8 Å². The van der Waals surface area contributed by atoms with Crippen LogP contribution in [0.5, 0.6) is 0 Å². The Bertz CT molecular complexity index is 2130. The standard InChI is InChI=1S/C54H65N2P.2ClH.Ru/c1-36-31-38(3)52(39(4)32-36)55-29-30-56(53-40(5)33-37(2)34-41(53)6)54(55)51-47(49-35-48(42-19-10-7-11-20-42)45-25-16-17-26-46(45)49)27-18-28-50(51)57(43-21-12-8-13-22-43)44-23-14-9-15-24-44;;;/h7,10-11,16-17,19-20,25-26,31-35,43-44,50H,8-9,12-15,18,21-24,27-30H2,1-6H3;2*1H;/q;;;+2/p-2. The van der Waals surface area contributed by atoms with Gasteiger partial charge in [-0.1, -0.05) is 136 Å². The summed E-state index contributed by atoms with van der Waals surface area (Å²) in [6.45, 7) is 16.1. The first-order valence-corrected chi connectivity index (χ1v) is 28.9. The first kappa shape index (κ1) is 44.0. The topological polar surface area (TPSA) is 6.48 Å². The third-order valence-electron chi connectivity index (χ3n) is 14.2. The monoisotopic (exact) mass is 944 g/mol. The van der Waals surface area contributed by atoms with Gasteiger partial charge in [-0.15, -0.1) is 0 Å². The molecule has 318 valence electrons. The van der Waals surface area contributed by atoms with Gasteiger partial charge in [0.05, 0.1) is 0 Å². The van der Waals surface area contributed by atoms with E-state index in [-0.39, 0.29) is 23.1 Å². The molecule has 0 bridgehead atoms. The van der Waals surface area contributed by atoms with Crippen LogP contribution in [0.3, 0.4) is 0 Å². The number of fused-ring (bicyclic) bond motifs is 1. The average Bonchev–Trinajstić information content (AvgIpc) is 3.84. The predicted molar refractivity (Wildman–Crippen MR) is 260 cm³/mol. The molecule has 9 rings (SSSR count). The van der Waals surface area contributed by atoms with Crippen molar-refractivity contribution in [3.63, 3.8) is 0 Å². The normalized spacial score (nSPS) is 21.4. The second-order valence-electron chi connectivity index (χ2n) is 18.4. The van der Waals surface area contributed by atoms with E-state index in [1.807, 2.05) is 0 Å². The van der Waals surface area contributed by atoms with Crippen LogP contribution in [0.2, 0.25) is 0 Å². The Morgan fingerprint density at radius 3 is 1.53 bits per heavy atom. The number of rotatable bonds is 6. The summed E-state index contributed by atoms with van der Waals surface area (Å²) in [7, 11) is 9.49. The van der Waals surface area contributed by atoms with Crippen molar-refractivity contribution >= 4 is 49.8 Å². The Morgan fingerprint density at radius 2 is 1.03 bits per heavy atom. The number of anilines is 2. The zero-order valence-corrected chi connectivity index (χ0v) is 41.0. The SMILES string of the molecule is Cc1cc(C)c(N2CCN(c3c(C)cc(C)cc3C)C2=C2C(=C3C=C(c4ccccc4)c4ccccc43)CCCC2P(C2CCCCC2)C2CCCCC2)c(C)c1.[Cl][Ru][Cl]. The molecule has 0 spiro atoms. The summed E-state index contributed by atoms with van der Waals surface area (Å²) in [4.78, 5) is 5.68. The van der Waals surface area contributed by atoms with Crippen molar-refractivity contribution in [2.75, 3.05) is 22.9 Å². The van der Waals surface area contributed by atoms with Gasteiger partial charge < -0.3 is 9.80 Å². The van der Waals surface area contributed by atoms with E-state index >= 15 is 0 Å². The van der Waals surface area contributed by atoms with E-state index in [4.69, 9.17) is 19.4 Å². The maximum absolute atomic E-state index is 4.85. The van der Waals surface area contributed by atoms with Crippen LogP contribution in [0.25, 0.3) is 11.1 Å². The Hall–Kier alpha value is -2.67. The first-order valence-electron chi connectivity index (χ1n) is 22.9. The molecular weight excluding hydrogens is 880 g/mol. The molecule has 4 aromatic carbocycles. The van der Waals surface area contributed by atoms with Crippen LogP contribution in [0.1, 0.15) is 134 Å². The molecule has 1 heterocycles. The summed E-state index contributed by atoms with van der Waals surface area (Å²) in [6, 6.07) is 30.3. The van der Waals surface area contributed by atoms with E-state index in [9.17, 15) is 0 Å². The fourth-order valence-corrected chi connectivity index (χ4v) is 16.8. The number of hydrogen-bond donors (Lipinski definition) is 0. The maximum atomic E-state index is 4.85. The Kier molecular flexibility index (Phi) is 14.5. The van der Waals surface area contributed by atoms with Gasteiger partial charge in [-0.3, -0.25) is 0 Å². The molecule has 0 N–H and O–H groups in total. The molecule has 4 aliphatic carbocycles. The van der Waals surface area contributed by atoms with Crippen LogP contribution < -0.4 is 9.80 Å². The molecule has 60 heavy (non-hydrogen) atoms. The molecule has 4 fully saturated rings. The molecule has 1 unspecified atom stereocenters. The Morgan fingerprint density at radius 1 is 0.567 bits per heavy atom. The minimum absolute atomic E-state index is 0.217. The van der Waals surface area contributed by atoms with Gasteiger partial charge in [0.25, 0.3) is 0 Å². The van der Waals surface area contributed by atoms with Gasteiger partial charge in [-0.05, 0) is 160 Å². The van der Waals surface area contributed by atoms with E-state index in [0.29, 0.717) is 5.66 Å². The van der Waals surface area contributed by atoms with Crippen LogP contribution >= 0.6 is 27.3 Å². The van der Waals surface area contributed by atoms with Gasteiger partial charge >= 0.3 is 34.5 Å². The van der Waals surface area contributed by atoms with Gasteiger partial charge in [-0.2, -0.15) is 0 Å². The summed E-state index contributed by atoms with van der Waals surface area (Å²) in [5, 5.41) is 0. The van der Waals surface area contributed by atoms with Gasteiger partial charge in [0, 0.05) is 35.7 Å². The molecule has 3 saturated carbocycles. The van der Waals surface area contributed by atoms with Crippen molar-refractivity contribution in [2.24, 2.45) is 0 Å². The fourth-order valence-electron chi connectivity index (χ4n) is 12.2. The summed E-state index contributed by atoms with van der Waals surface area (Å²) >= 11 is -0.346. The average molecular weight is 945 g/mol. The Labute approximate surface area is 379 Å². The number of hydrogen-bond acceptors (Lipinski definition) is 2. The first-order chi connectivity index (χ1) is 29.2. The molecule has 5 aliphatic rings. The molecular formula is C54H65Cl2N2PRu. The molecule has 0 amide bonds. The minimum atomic E-state index is -0.346.